The van der Waals surface area contributed by atoms with Crippen LogP contribution in [0, 0.1) is 13.8 Å². The molecule has 0 aliphatic heterocycles. The molecule has 0 radical (unpaired) electrons. The molecule has 1 aromatic heterocycles. The molecule has 0 atom stereocenters. The van der Waals surface area contributed by atoms with E-state index in [2.05, 4.69) is 20.6 Å². The number of nitrogens with zero attached hydrogens (tertiary/aromatic N) is 2. The van der Waals surface area contributed by atoms with E-state index in [9.17, 15) is 4.79 Å². The lowest BCUT2D eigenvalue weighted by atomic mass is 10.2. The molecule has 25 heavy (non-hydrogen) atoms. The zero-order valence-electron chi connectivity index (χ0n) is 13.9. The Bertz CT molecular complexity index is 910. The third kappa shape index (κ3) is 4.14. The van der Waals surface area contributed by atoms with Crippen LogP contribution < -0.4 is 10.6 Å². The maximum atomic E-state index is 12.3. The number of aromatic nitrogens is 2. The van der Waals surface area contributed by atoms with Gasteiger partial charge in [0.15, 0.2) is 0 Å². The van der Waals surface area contributed by atoms with E-state index < -0.39 is 0 Å². The van der Waals surface area contributed by atoms with Gasteiger partial charge in [-0.15, -0.1) is 0 Å². The van der Waals surface area contributed by atoms with Crippen LogP contribution in [0.3, 0.4) is 0 Å². The fourth-order valence-corrected chi connectivity index (χ4v) is 2.44. The van der Waals surface area contributed by atoms with Gasteiger partial charge in [0.1, 0.15) is 0 Å². The third-order valence-corrected chi connectivity index (χ3v) is 3.99. The van der Waals surface area contributed by atoms with E-state index in [-0.39, 0.29) is 5.91 Å². The summed E-state index contributed by atoms with van der Waals surface area (Å²) >= 11 is 6.01. The summed E-state index contributed by atoms with van der Waals surface area (Å²) in [5, 5.41) is 6.58. The van der Waals surface area contributed by atoms with Gasteiger partial charge in [0.25, 0.3) is 5.91 Å². The Balaban J connectivity index is 1.72. The van der Waals surface area contributed by atoms with Crippen molar-refractivity contribution >= 4 is 34.8 Å². The monoisotopic (exact) mass is 352 g/mol. The number of hydrogen-bond donors (Lipinski definition) is 2. The number of benzene rings is 2. The minimum atomic E-state index is -0.250. The van der Waals surface area contributed by atoms with E-state index in [0.29, 0.717) is 16.5 Å². The fourth-order valence-electron chi connectivity index (χ4n) is 2.27. The number of aryl methyl sites for hydroxylation is 2. The smallest absolute Gasteiger partial charge is 0.258 e. The van der Waals surface area contributed by atoms with Crippen LogP contribution in [0.4, 0.5) is 17.3 Å². The van der Waals surface area contributed by atoms with Gasteiger partial charge in [-0.25, -0.2) is 9.97 Å². The van der Waals surface area contributed by atoms with Crippen LogP contribution in [-0.2, 0) is 0 Å². The highest BCUT2D eigenvalue weighted by molar-refractivity contribution is 6.30. The minimum Gasteiger partial charge on any atom is -0.324 e. The molecule has 1 amide bonds. The average molecular weight is 353 g/mol. The molecule has 5 nitrogen and oxygen atoms in total. The summed E-state index contributed by atoms with van der Waals surface area (Å²) < 4.78 is 0. The summed E-state index contributed by atoms with van der Waals surface area (Å²) in [5.41, 5.74) is 3.99. The van der Waals surface area contributed by atoms with Crippen LogP contribution in [0.5, 0.6) is 0 Å². The van der Waals surface area contributed by atoms with Gasteiger partial charge < -0.3 is 10.6 Å². The molecule has 126 valence electrons. The van der Waals surface area contributed by atoms with Crippen LogP contribution in [0.2, 0.25) is 5.02 Å². The summed E-state index contributed by atoms with van der Waals surface area (Å²) in [6, 6.07) is 13.1. The highest BCUT2D eigenvalue weighted by atomic mass is 35.5. The van der Waals surface area contributed by atoms with Crippen molar-refractivity contribution in [3.05, 3.63) is 76.6 Å². The highest BCUT2D eigenvalue weighted by Crippen LogP contribution is 2.22. The van der Waals surface area contributed by atoms with Gasteiger partial charge in [-0.2, -0.15) is 0 Å². The standard InChI is InChI=1S/C19H17ClN4O/c1-12-5-3-4-6-16(12)23-18(25)14-10-21-19(22-11-14)24-17-9-15(20)8-7-13(17)2/h3-11H,1-2H3,(H,23,25)(H,21,22,24). The number of anilines is 3. The lowest BCUT2D eigenvalue weighted by Crippen LogP contribution is -2.13. The third-order valence-electron chi connectivity index (χ3n) is 3.75. The SMILES string of the molecule is Cc1ccccc1NC(=O)c1cnc(Nc2cc(Cl)ccc2C)nc1. The fraction of sp³-hybridized carbons (Fsp3) is 0.105. The Kier molecular flexibility index (Phi) is 4.95. The quantitative estimate of drug-likeness (QED) is 0.711. The second-order valence-electron chi connectivity index (χ2n) is 5.65. The first kappa shape index (κ1) is 16.9. The molecule has 6 heteroatoms. The van der Waals surface area contributed by atoms with Crippen LogP contribution >= 0.6 is 11.6 Å². The summed E-state index contributed by atoms with van der Waals surface area (Å²) in [4.78, 5) is 20.7. The second-order valence-corrected chi connectivity index (χ2v) is 6.09. The van der Waals surface area contributed by atoms with E-state index >= 15 is 0 Å². The Labute approximate surface area is 151 Å². The molecule has 0 saturated heterocycles. The van der Waals surface area contributed by atoms with Crippen molar-refractivity contribution < 1.29 is 4.79 Å². The first-order valence-electron chi connectivity index (χ1n) is 7.75. The van der Waals surface area contributed by atoms with Crippen LogP contribution in [0.15, 0.2) is 54.9 Å². The predicted molar refractivity (Wildman–Crippen MR) is 101 cm³/mol. The highest BCUT2D eigenvalue weighted by Gasteiger charge is 2.09. The van der Waals surface area contributed by atoms with Crippen LogP contribution in [-0.4, -0.2) is 15.9 Å². The van der Waals surface area contributed by atoms with E-state index in [4.69, 9.17) is 11.6 Å². The zero-order valence-corrected chi connectivity index (χ0v) is 14.6. The number of nitrogens with one attached hydrogen (secondary N) is 2. The van der Waals surface area contributed by atoms with Crippen molar-refractivity contribution in [2.24, 2.45) is 0 Å². The molecule has 2 N–H and O–H groups in total. The molecule has 1 heterocycles. The number of hydrogen-bond acceptors (Lipinski definition) is 4. The number of rotatable bonds is 4. The molecule has 0 saturated carbocycles. The Morgan fingerprint density at radius 1 is 0.960 bits per heavy atom. The molecule has 0 fully saturated rings. The molecular formula is C19H17ClN4O. The lowest BCUT2D eigenvalue weighted by molar-refractivity contribution is 0.102. The molecule has 2 aromatic carbocycles. The van der Waals surface area contributed by atoms with Crippen molar-refractivity contribution in [3.63, 3.8) is 0 Å². The number of carbonyl (C=O) groups excluding carboxylic acids is 1. The lowest BCUT2D eigenvalue weighted by Gasteiger charge is -2.10. The largest absolute Gasteiger partial charge is 0.324 e. The molecule has 3 rings (SSSR count). The molecule has 0 aliphatic carbocycles. The van der Waals surface area contributed by atoms with Crippen molar-refractivity contribution in [1.29, 1.82) is 0 Å². The number of carbonyl (C=O) groups is 1. The summed E-state index contributed by atoms with van der Waals surface area (Å²) in [5.74, 6) is 0.151. The molecule has 3 aromatic rings. The van der Waals surface area contributed by atoms with Crippen molar-refractivity contribution in [2.75, 3.05) is 10.6 Å². The maximum Gasteiger partial charge on any atom is 0.258 e. The van der Waals surface area contributed by atoms with E-state index in [0.717, 1.165) is 22.5 Å². The van der Waals surface area contributed by atoms with Crippen LogP contribution in [0.1, 0.15) is 21.5 Å². The van der Waals surface area contributed by atoms with Crippen molar-refractivity contribution in [3.8, 4) is 0 Å². The van der Waals surface area contributed by atoms with Gasteiger partial charge in [-0.3, -0.25) is 4.79 Å². The van der Waals surface area contributed by atoms with E-state index in [1.165, 1.54) is 12.4 Å². The van der Waals surface area contributed by atoms with Crippen molar-refractivity contribution in [2.45, 2.75) is 13.8 Å². The van der Waals surface area contributed by atoms with Gasteiger partial charge in [-0.05, 0) is 43.2 Å². The molecule has 0 unspecified atom stereocenters. The average Bonchev–Trinajstić information content (AvgIpc) is 2.61. The Morgan fingerprint density at radius 3 is 2.36 bits per heavy atom. The maximum absolute atomic E-state index is 12.3. The second kappa shape index (κ2) is 7.32. The zero-order chi connectivity index (χ0) is 17.8. The molecule has 0 bridgehead atoms. The summed E-state index contributed by atoms with van der Waals surface area (Å²) in [6.07, 6.45) is 2.98. The summed E-state index contributed by atoms with van der Waals surface area (Å²) in [7, 11) is 0. The number of amides is 1. The van der Waals surface area contributed by atoms with Crippen molar-refractivity contribution in [1.82, 2.24) is 9.97 Å². The molecule has 0 spiro atoms. The first-order valence-corrected chi connectivity index (χ1v) is 8.13. The van der Waals surface area contributed by atoms with Gasteiger partial charge in [-0.1, -0.05) is 35.9 Å². The van der Waals surface area contributed by atoms with Gasteiger partial charge in [0, 0.05) is 28.8 Å². The number of para-hydroxylation sites is 1. The van der Waals surface area contributed by atoms with E-state index in [1.54, 1.807) is 6.07 Å². The van der Waals surface area contributed by atoms with Gasteiger partial charge in [0.05, 0.1) is 5.56 Å². The van der Waals surface area contributed by atoms with Gasteiger partial charge >= 0.3 is 0 Å². The first-order chi connectivity index (χ1) is 12.0. The molecule has 0 aliphatic rings. The Morgan fingerprint density at radius 2 is 1.64 bits per heavy atom. The topological polar surface area (TPSA) is 66.9 Å². The normalized spacial score (nSPS) is 10.4. The summed E-state index contributed by atoms with van der Waals surface area (Å²) in [6.45, 7) is 3.90. The minimum absolute atomic E-state index is 0.250. The van der Waals surface area contributed by atoms with Crippen LogP contribution in [0.25, 0.3) is 0 Å². The van der Waals surface area contributed by atoms with Gasteiger partial charge in [0.2, 0.25) is 5.95 Å². The van der Waals surface area contributed by atoms with E-state index in [1.807, 2.05) is 50.2 Å². The predicted octanol–water partition coefficient (Wildman–Crippen LogP) is 4.74. The Hall–Kier alpha value is -2.92. The number of halogens is 1. The molecular weight excluding hydrogens is 336 g/mol.